The first-order valence-corrected chi connectivity index (χ1v) is 4.70. The van der Waals surface area contributed by atoms with E-state index in [1.165, 1.54) is 0 Å². The maximum absolute atomic E-state index is 11.5. The standard InChI is InChI=1S/C11H12N2O2/c1-11(2,15)9-7-5-3-4-6-8(7)10(14)13-12-9/h3-6,15H,1-2H3,(H,13,14). The lowest BCUT2D eigenvalue weighted by Crippen LogP contribution is -2.22. The quantitative estimate of drug-likeness (QED) is 0.732. The van der Waals surface area contributed by atoms with Crippen LogP contribution in [0.3, 0.4) is 0 Å². The fourth-order valence-corrected chi connectivity index (χ4v) is 1.58. The molecule has 1 aromatic heterocycles. The molecule has 78 valence electrons. The summed E-state index contributed by atoms with van der Waals surface area (Å²) in [7, 11) is 0. The molecule has 1 heterocycles. The molecule has 0 amide bonds. The maximum Gasteiger partial charge on any atom is 0.272 e. The van der Waals surface area contributed by atoms with Crippen molar-refractivity contribution in [3.8, 4) is 0 Å². The first kappa shape index (κ1) is 9.86. The molecule has 0 unspecified atom stereocenters. The fourth-order valence-electron chi connectivity index (χ4n) is 1.58. The Labute approximate surface area is 86.6 Å². The minimum Gasteiger partial charge on any atom is -0.384 e. The van der Waals surface area contributed by atoms with E-state index in [1.54, 1.807) is 32.0 Å². The Hall–Kier alpha value is -1.68. The van der Waals surface area contributed by atoms with Gasteiger partial charge in [0.1, 0.15) is 5.60 Å². The number of aromatic nitrogens is 2. The molecule has 0 radical (unpaired) electrons. The van der Waals surface area contributed by atoms with E-state index in [2.05, 4.69) is 10.2 Å². The van der Waals surface area contributed by atoms with Crippen LogP contribution in [0.2, 0.25) is 0 Å². The monoisotopic (exact) mass is 204 g/mol. The Kier molecular flexibility index (Phi) is 2.08. The van der Waals surface area contributed by atoms with Crippen molar-refractivity contribution in [1.82, 2.24) is 10.2 Å². The van der Waals surface area contributed by atoms with Gasteiger partial charge in [-0.25, -0.2) is 5.10 Å². The third-order valence-corrected chi connectivity index (χ3v) is 2.28. The molecule has 4 nitrogen and oxygen atoms in total. The van der Waals surface area contributed by atoms with Gasteiger partial charge in [0.25, 0.3) is 5.56 Å². The Balaban J connectivity index is 2.90. The summed E-state index contributed by atoms with van der Waals surface area (Å²) in [6, 6.07) is 7.10. The molecule has 15 heavy (non-hydrogen) atoms. The number of aliphatic hydroxyl groups is 1. The Morgan fingerprint density at radius 3 is 2.47 bits per heavy atom. The molecule has 0 aliphatic carbocycles. The predicted octanol–water partition coefficient (Wildman–Crippen LogP) is 1.15. The molecular formula is C11H12N2O2. The highest BCUT2D eigenvalue weighted by Crippen LogP contribution is 2.23. The minimum absolute atomic E-state index is 0.237. The number of H-pyrrole nitrogens is 1. The van der Waals surface area contributed by atoms with Gasteiger partial charge in [-0.05, 0) is 19.9 Å². The Bertz CT molecular complexity index is 552. The zero-order valence-electron chi connectivity index (χ0n) is 8.61. The van der Waals surface area contributed by atoms with Crippen molar-refractivity contribution in [3.63, 3.8) is 0 Å². The van der Waals surface area contributed by atoms with Crippen LogP contribution < -0.4 is 5.56 Å². The number of nitrogens with one attached hydrogen (secondary N) is 1. The summed E-state index contributed by atoms with van der Waals surface area (Å²) >= 11 is 0. The highest BCUT2D eigenvalue weighted by atomic mass is 16.3. The summed E-state index contributed by atoms with van der Waals surface area (Å²) in [4.78, 5) is 11.5. The van der Waals surface area contributed by atoms with Crippen molar-refractivity contribution in [2.45, 2.75) is 19.4 Å². The molecule has 0 aliphatic rings. The van der Waals surface area contributed by atoms with Gasteiger partial charge in [-0.3, -0.25) is 4.79 Å². The van der Waals surface area contributed by atoms with Crippen LogP contribution in [0.5, 0.6) is 0 Å². The Morgan fingerprint density at radius 1 is 1.27 bits per heavy atom. The summed E-state index contributed by atoms with van der Waals surface area (Å²) in [6.45, 7) is 3.28. The van der Waals surface area contributed by atoms with Gasteiger partial charge in [0.15, 0.2) is 0 Å². The summed E-state index contributed by atoms with van der Waals surface area (Å²) in [5.41, 5.74) is -0.819. The molecule has 4 heteroatoms. The molecule has 2 aromatic rings. The first-order valence-electron chi connectivity index (χ1n) is 4.70. The molecule has 0 spiro atoms. The van der Waals surface area contributed by atoms with Gasteiger partial charge in [0.2, 0.25) is 0 Å². The third kappa shape index (κ3) is 1.64. The lowest BCUT2D eigenvalue weighted by molar-refractivity contribution is 0.0746. The van der Waals surface area contributed by atoms with Gasteiger partial charge in [0, 0.05) is 5.39 Å². The van der Waals surface area contributed by atoms with Gasteiger partial charge in [-0.15, -0.1) is 0 Å². The van der Waals surface area contributed by atoms with Crippen molar-refractivity contribution in [2.24, 2.45) is 0 Å². The molecule has 0 fully saturated rings. The van der Waals surface area contributed by atoms with Crippen LogP contribution >= 0.6 is 0 Å². The van der Waals surface area contributed by atoms with E-state index in [-0.39, 0.29) is 5.56 Å². The van der Waals surface area contributed by atoms with Crippen molar-refractivity contribution in [1.29, 1.82) is 0 Å². The van der Waals surface area contributed by atoms with Crippen LogP contribution in [-0.4, -0.2) is 15.3 Å². The van der Waals surface area contributed by atoms with Crippen molar-refractivity contribution in [2.75, 3.05) is 0 Å². The number of rotatable bonds is 1. The van der Waals surface area contributed by atoms with E-state index in [0.717, 1.165) is 0 Å². The van der Waals surface area contributed by atoms with E-state index in [4.69, 9.17) is 0 Å². The van der Waals surface area contributed by atoms with Gasteiger partial charge in [-0.1, -0.05) is 18.2 Å². The summed E-state index contributed by atoms with van der Waals surface area (Å²) in [5.74, 6) is 0. The van der Waals surface area contributed by atoms with Gasteiger partial charge < -0.3 is 5.11 Å². The molecule has 0 aliphatic heterocycles. The minimum atomic E-state index is -1.07. The molecule has 0 bridgehead atoms. The van der Waals surface area contributed by atoms with Crippen LogP contribution in [0.15, 0.2) is 29.1 Å². The van der Waals surface area contributed by atoms with Gasteiger partial charge in [-0.2, -0.15) is 5.10 Å². The van der Waals surface area contributed by atoms with Crippen LogP contribution in [0, 0.1) is 0 Å². The number of hydrogen-bond acceptors (Lipinski definition) is 3. The fraction of sp³-hybridized carbons (Fsp3) is 0.273. The SMILES string of the molecule is CC(C)(O)c1n[nH]c(=O)c2ccccc12. The van der Waals surface area contributed by atoms with Crippen LogP contribution in [0.4, 0.5) is 0 Å². The average molecular weight is 204 g/mol. The average Bonchev–Trinajstić information content (AvgIpc) is 2.17. The van der Waals surface area contributed by atoms with E-state index < -0.39 is 5.60 Å². The number of hydrogen-bond donors (Lipinski definition) is 2. The van der Waals surface area contributed by atoms with E-state index in [9.17, 15) is 9.90 Å². The lowest BCUT2D eigenvalue weighted by Gasteiger charge is -2.17. The summed E-state index contributed by atoms with van der Waals surface area (Å²) in [5, 5.41) is 17.4. The second kappa shape index (κ2) is 3.17. The highest BCUT2D eigenvalue weighted by molar-refractivity contribution is 5.83. The van der Waals surface area contributed by atoms with Crippen LogP contribution in [0.1, 0.15) is 19.5 Å². The third-order valence-electron chi connectivity index (χ3n) is 2.28. The molecule has 0 atom stereocenters. The second-order valence-corrected chi connectivity index (χ2v) is 4.01. The summed E-state index contributed by atoms with van der Waals surface area (Å²) in [6.07, 6.45) is 0. The largest absolute Gasteiger partial charge is 0.384 e. The predicted molar refractivity (Wildman–Crippen MR) is 57.6 cm³/mol. The molecule has 0 saturated heterocycles. The number of aromatic amines is 1. The topological polar surface area (TPSA) is 66.0 Å². The van der Waals surface area contributed by atoms with Crippen molar-refractivity contribution in [3.05, 3.63) is 40.3 Å². The molecule has 2 rings (SSSR count). The van der Waals surface area contributed by atoms with Crippen molar-refractivity contribution >= 4 is 10.8 Å². The maximum atomic E-state index is 11.5. The van der Waals surface area contributed by atoms with Gasteiger partial charge >= 0.3 is 0 Å². The number of nitrogens with zero attached hydrogens (tertiary/aromatic N) is 1. The Morgan fingerprint density at radius 2 is 1.87 bits per heavy atom. The zero-order chi connectivity index (χ0) is 11.1. The zero-order valence-corrected chi connectivity index (χ0v) is 8.61. The molecule has 1 aromatic carbocycles. The van der Waals surface area contributed by atoms with Crippen LogP contribution in [-0.2, 0) is 5.60 Å². The highest BCUT2D eigenvalue weighted by Gasteiger charge is 2.21. The van der Waals surface area contributed by atoms with Crippen LogP contribution in [0.25, 0.3) is 10.8 Å². The lowest BCUT2D eigenvalue weighted by atomic mass is 9.99. The number of fused-ring (bicyclic) bond motifs is 1. The molecular weight excluding hydrogens is 192 g/mol. The van der Waals surface area contributed by atoms with Gasteiger partial charge in [0.05, 0.1) is 11.1 Å². The molecule has 2 N–H and O–H groups in total. The molecule has 0 saturated carbocycles. The van der Waals surface area contributed by atoms with E-state index in [0.29, 0.717) is 16.5 Å². The normalized spacial score (nSPS) is 11.9. The summed E-state index contributed by atoms with van der Waals surface area (Å²) < 4.78 is 0. The first-order chi connectivity index (χ1) is 7.00. The van der Waals surface area contributed by atoms with E-state index in [1.807, 2.05) is 6.07 Å². The second-order valence-electron chi connectivity index (χ2n) is 4.01. The smallest absolute Gasteiger partial charge is 0.272 e. The van der Waals surface area contributed by atoms with E-state index >= 15 is 0 Å². The number of benzene rings is 1. The van der Waals surface area contributed by atoms with Crippen molar-refractivity contribution < 1.29 is 5.11 Å².